The Balaban J connectivity index is 1.61. The molecule has 32 heavy (non-hydrogen) atoms. The van der Waals surface area contributed by atoms with E-state index >= 15 is 0 Å². The number of fused-ring (bicyclic) bond motifs is 2. The molecule has 0 aliphatic carbocycles. The summed E-state index contributed by atoms with van der Waals surface area (Å²) in [7, 11) is 0. The van der Waals surface area contributed by atoms with Gasteiger partial charge < -0.3 is 5.32 Å². The smallest absolute Gasteiger partial charge is 0.321 e. The van der Waals surface area contributed by atoms with Gasteiger partial charge in [0.1, 0.15) is 4.88 Å². The summed E-state index contributed by atoms with van der Waals surface area (Å²) in [5, 5.41) is 3.76. The summed E-state index contributed by atoms with van der Waals surface area (Å²) in [5.41, 5.74) is 1.83. The Morgan fingerprint density at radius 1 is 0.969 bits per heavy atom. The fourth-order valence-corrected chi connectivity index (χ4v) is 4.53. The number of nitrogens with zero attached hydrogens (tertiary/aromatic N) is 3. The SMILES string of the molecule is O=C(Nc1ccc2cccnc2c1)c1sc2cc(C(F)(F)F)cnc2c1-c1ccncc1. The lowest BCUT2D eigenvalue weighted by atomic mass is 10.1. The molecule has 9 heteroatoms. The Hall–Kier alpha value is -3.85. The largest absolute Gasteiger partial charge is 0.417 e. The first-order valence-corrected chi connectivity index (χ1v) is 10.3. The van der Waals surface area contributed by atoms with Gasteiger partial charge in [-0.3, -0.25) is 19.7 Å². The van der Waals surface area contributed by atoms with E-state index in [1.165, 1.54) is 0 Å². The Bertz CT molecular complexity index is 1470. The van der Waals surface area contributed by atoms with E-state index < -0.39 is 17.6 Å². The average molecular weight is 450 g/mol. The van der Waals surface area contributed by atoms with Gasteiger partial charge in [-0.15, -0.1) is 11.3 Å². The van der Waals surface area contributed by atoms with E-state index in [0.29, 0.717) is 27.8 Å². The van der Waals surface area contributed by atoms with Crippen molar-refractivity contribution >= 4 is 44.1 Å². The van der Waals surface area contributed by atoms with Crippen LogP contribution in [0.15, 0.2) is 73.3 Å². The minimum absolute atomic E-state index is 0.263. The first-order chi connectivity index (χ1) is 15.4. The highest BCUT2D eigenvalue weighted by Gasteiger charge is 2.32. The summed E-state index contributed by atoms with van der Waals surface area (Å²) < 4.78 is 39.8. The average Bonchev–Trinajstić information content (AvgIpc) is 3.18. The number of rotatable bonds is 3. The van der Waals surface area contributed by atoms with Crippen LogP contribution in [0, 0.1) is 0 Å². The zero-order valence-corrected chi connectivity index (χ0v) is 17.0. The predicted molar refractivity (Wildman–Crippen MR) is 118 cm³/mol. The van der Waals surface area contributed by atoms with Crippen molar-refractivity contribution in [2.24, 2.45) is 0 Å². The molecule has 0 bridgehead atoms. The monoisotopic (exact) mass is 450 g/mol. The van der Waals surface area contributed by atoms with Crippen molar-refractivity contribution < 1.29 is 18.0 Å². The van der Waals surface area contributed by atoms with Gasteiger partial charge in [0, 0.05) is 41.4 Å². The normalized spacial score (nSPS) is 11.7. The Labute approximate surface area is 183 Å². The lowest BCUT2D eigenvalue weighted by Crippen LogP contribution is -2.11. The number of carbonyl (C=O) groups is 1. The molecule has 5 rings (SSSR count). The highest BCUT2D eigenvalue weighted by molar-refractivity contribution is 7.21. The molecule has 0 aliphatic heterocycles. The molecule has 0 atom stereocenters. The number of anilines is 1. The van der Waals surface area contributed by atoms with Crippen LogP contribution in [0.4, 0.5) is 18.9 Å². The topological polar surface area (TPSA) is 67.8 Å². The van der Waals surface area contributed by atoms with E-state index in [-0.39, 0.29) is 9.58 Å². The van der Waals surface area contributed by atoms with Crippen molar-refractivity contribution in [3.05, 3.63) is 83.8 Å². The molecule has 1 aromatic carbocycles. The number of nitrogens with one attached hydrogen (secondary N) is 1. The summed E-state index contributed by atoms with van der Waals surface area (Å²) in [6, 6.07) is 13.5. The number of thiophene rings is 1. The maximum Gasteiger partial charge on any atom is 0.417 e. The Morgan fingerprint density at radius 2 is 1.78 bits per heavy atom. The minimum atomic E-state index is -4.53. The third-order valence-electron chi connectivity index (χ3n) is 4.89. The molecule has 0 aliphatic rings. The fraction of sp³-hybridized carbons (Fsp3) is 0.0435. The maximum atomic E-state index is 13.2. The minimum Gasteiger partial charge on any atom is -0.321 e. The number of pyridine rings is 3. The second-order valence-corrected chi connectivity index (χ2v) is 8.03. The fourth-order valence-electron chi connectivity index (χ4n) is 3.41. The van der Waals surface area contributed by atoms with E-state index in [1.54, 1.807) is 42.9 Å². The van der Waals surface area contributed by atoms with Gasteiger partial charge in [-0.05, 0) is 42.0 Å². The van der Waals surface area contributed by atoms with Gasteiger partial charge in [0.15, 0.2) is 0 Å². The summed E-state index contributed by atoms with van der Waals surface area (Å²) in [6.07, 6.45) is 1.03. The molecule has 1 amide bonds. The van der Waals surface area contributed by atoms with Crippen LogP contribution >= 0.6 is 11.3 Å². The first-order valence-electron chi connectivity index (χ1n) is 9.46. The number of carbonyl (C=O) groups excluding carboxylic acids is 1. The standard InChI is InChI=1S/C23H13F3N4OS/c24-23(25,26)15-10-18-20(29-12-15)19(14-5-8-27-9-6-14)21(32-18)22(31)30-16-4-3-13-2-1-7-28-17(13)11-16/h1-12H,(H,30,31). The molecule has 0 fully saturated rings. The number of hydrogen-bond acceptors (Lipinski definition) is 5. The van der Waals surface area contributed by atoms with Gasteiger partial charge in [0.2, 0.25) is 0 Å². The number of hydrogen-bond donors (Lipinski definition) is 1. The number of halogens is 3. The summed E-state index contributed by atoms with van der Waals surface area (Å²) in [5.74, 6) is -0.441. The van der Waals surface area contributed by atoms with Gasteiger partial charge in [0.05, 0.1) is 21.3 Å². The van der Waals surface area contributed by atoms with Gasteiger partial charge in [0.25, 0.3) is 5.91 Å². The van der Waals surface area contributed by atoms with Crippen LogP contribution < -0.4 is 5.32 Å². The molecular formula is C23H13F3N4OS. The zero-order chi connectivity index (χ0) is 22.3. The summed E-state index contributed by atoms with van der Waals surface area (Å²) in [4.78, 5) is 25.8. The molecule has 4 heterocycles. The maximum absolute atomic E-state index is 13.2. The van der Waals surface area contributed by atoms with Crippen LogP contribution in [0.5, 0.6) is 0 Å². The predicted octanol–water partition coefficient (Wildman–Crippen LogP) is 6.18. The third-order valence-corrected chi connectivity index (χ3v) is 6.02. The van der Waals surface area contributed by atoms with Crippen LogP contribution in [0.25, 0.3) is 32.2 Å². The molecule has 5 aromatic rings. The van der Waals surface area contributed by atoms with E-state index in [4.69, 9.17) is 0 Å². The van der Waals surface area contributed by atoms with Crippen LogP contribution in [0.1, 0.15) is 15.2 Å². The molecule has 0 unspecified atom stereocenters. The van der Waals surface area contributed by atoms with Gasteiger partial charge >= 0.3 is 6.18 Å². The van der Waals surface area contributed by atoms with Crippen LogP contribution in [0.3, 0.4) is 0 Å². The Morgan fingerprint density at radius 3 is 2.56 bits per heavy atom. The molecule has 158 valence electrons. The number of amides is 1. The van der Waals surface area contributed by atoms with Crippen molar-refractivity contribution in [1.29, 1.82) is 0 Å². The highest BCUT2D eigenvalue weighted by Crippen LogP contribution is 2.40. The number of alkyl halides is 3. The molecule has 0 saturated heterocycles. The van der Waals surface area contributed by atoms with Crippen molar-refractivity contribution in [1.82, 2.24) is 15.0 Å². The van der Waals surface area contributed by atoms with E-state index in [9.17, 15) is 18.0 Å². The van der Waals surface area contributed by atoms with Crippen LogP contribution in [-0.2, 0) is 6.18 Å². The van der Waals surface area contributed by atoms with Crippen molar-refractivity contribution in [2.45, 2.75) is 6.18 Å². The molecule has 4 aromatic heterocycles. The Kier molecular flexibility index (Phi) is 4.82. The number of benzene rings is 1. The molecule has 0 spiro atoms. The lowest BCUT2D eigenvalue weighted by molar-refractivity contribution is -0.137. The van der Waals surface area contributed by atoms with Crippen molar-refractivity contribution in [3.63, 3.8) is 0 Å². The van der Waals surface area contributed by atoms with E-state index in [2.05, 4.69) is 20.3 Å². The van der Waals surface area contributed by atoms with E-state index in [0.717, 1.165) is 29.0 Å². The highest BCUT2D eigenvalue weighted by atomic mass is 32.1. The molecule has 0 saturated carbocycles. The zero-order valence-electron chi connectivity index (χ0n) is 16.2. The van der Waals surface area contributed by atoms with Crippen LogP contribution in [0.2, 0.25) is 0 Å². The lowest BCUT2D eigenvalue weighted by Gasteiger charge is -2.08. The molecule has 5 nitrogen and oxygen atoms in total. The summed E-state index contributed by atoms with van der Waals surface area (Å²) >= 11 is 0.969. The second-order valence-electron chi connectivity index (χ2n) is 6.98. The third kappa shape index (κ3) is 3.67. The van der Waals surface area contributed by atoms with Gasteiger partial charge in [-0.25, -0.2) is 0 Å². The molecular weight excluding hydrogens is 437 g/mol. The van der Waals surface area contributed by atoms with Crippen molar-refractivity contribution in [3.8, 4) is 11.1 Å². The van der Waals surface area contributed by atoms with E-state index in [1.807, 2.05) is 18.2 Å². The van der Waals surface area contributed by atoms with Gasteiger partial charge in [-0.1, -0.05) is 12.1 Å². The summed E-state index contributed by atoms with van der Waals surface area (Å²) in [6.45, 7) is 0. The van der Waals surface area contributed by atoms with Crippen LogP contribution in [-0.4, -0.2) is 20.9 Å². The van der Waals surface area contributed by atoms with Gasteiger partial charge in [-0.2, -0.15) is 13.2 Å². The molecule has 1 N–H and O–H groups in total. The molecule has 0 radical (unpaired) electrons. The second kappa shape index (κ2) is 7.69. The first kappa shape index (κ1) is 20.1. The van der Waals surface area contributed by atoms with Crippen molar-refractivity contribution in [2.75, 3.05) is 5.32 Å². The number of aromatic nitrogens is 3. The quantitative estimate of drug-likeness (QED) is 0.357.